The molecule has 4 heteroatoms. The van der Waals surface area contributed by atoms with Crippen LogP contribution in [0.5, 0.6) is 0 Å². The number of rotatable bonds is 2. The van der Waals surface area contributed by atoms with Crippen molar-refractivity contribution >= 4 is 17.2 Å². The first kappa shape index (κ1) is 12.2. The van der Waals surface area contributed by atoms with Crippen molar-refractivity contribution in [1.29, 1.82) is 0 Å². The molecule has 0 aliphatic carbocycles. The first-order valence-electron chi connectivity index (χ1n) is 5.98. The lowest BCUT2D eigenvalue weighted by atomic mass is 10.1. The molecular weight excluding hydrogens is 263 g/mol. The number of halogens is 2. The van der Waals surface area contributed by atoms with Crippen LogP contribution in [0, 0.1) is 12.7 Å². The third-order valence-electron chi connectivity index (χ3n) is 3.11. The Bertz CT molecular complexity index is 732. The molecule has 0 amide bonds. The molecule has 0 atom stereocenters. The van der Waals surface area contributed by atoms with Crippen LogP contribution in [0.2, 0.25) is 0 Å². The molecule has 2 nitrogen and oxygen atoms in total. The fourth-order valence-corrected chi connectivity index (χ4v) is 2.42. The van der Waals surface area contributed by atoms with E-state index in [-0.39, 0.29) is 5.82 Å². The summed E-state index contributed by atoms with van der Waals surface area (Å²) in [5, 5.41) is 0. The number of alkyl halides is 1. The Morgan fingerprint density at radius 1 is 1.16 bits per heavy atom. The minimum atomic E-state index is -0.254. The number of aryl methyl sites for hydroxylation is 1. The summed E-state index contributed by atoms with van der Waals surface area (Å²) in [5.74, 6) is 0.105. The molecular formula is C15H12ClFN2. The Labute approximate surface area is 115 Å². The van der Waals surface area contributed by atoms with E-state index in [1.807, 2.05) is 29.7 Å². The molecule has 2 heterocycles. The quantitative estimate of drug-likeness (QED) is 0.641. The molecule has 96 valence electrons. The van der Waals surface area contributed by atoms with Gasteiger partial charge in [-0.3, -0.25) is 0 Å². The number of fused-ring (bicyclic) bond motifs is 1. The van der Waals surface area contributed by atoms with Crippen molar-refractivity contribution in [1.82, 2.24) is 9.38 Å². The van der Waals surface area contributed by atoms with Crippen LogP contribution < -0.4 is 0 Å². The molecule has 0 aliphatic rings. The van der Waals surface area contributed by atoms with E-state index in [1.54, 1.807) is 12.1 Å². The highest BCUT2D eigenvalue weighted by Gasteiger charge is 2.13. The number of hydrogen-bond donors (Lipinski definition) is 0. The topological polar surface area (TPSA) is 17.3 Å². The third-order valence-corrected chi connectivity index (χ3v) is 3.36. The maximum absolute atomic E-state index is 13.0. The third kappa shape index (κ3) is 2.10. The van der Waals surface area contributed by atoms with Gasteiger partial charge >= 0.3 is 0 Å². The molecule has 0 radical (unpaired) electrons. The van der Waals surface area contributed by atoms with Crippen molar-refractivity contribution in [2.75, 3.05) is 0 Å². The summed E-state index contributed by atoms with van der Waals surface area (Å²) in [6.07, 6.45) is 2.01. The van der Waals surface area contributed by atoms with Crippen LogP contribution in [0.25, 0.3) is 16.9 Å². The second kappa shape index (κ2) is 4.67. The molecule has 0 fully saturated rings. The molecule has 3 rings (SSSR count). The predicted octanol–water partition coefficient (Wildman–Crippen LogP) is 4.19. The van der Waals surface area contributed by atoms with Crippen molar-refractivity contribution in [2.24, 2.45) is 0 Å². The largest absolute Gasteiger partial charge is 0.302 e. The normalized spacial score (nSPS) is 11.1. The van der Waals surface area contributed by atoms with Crippen LogP contribution >= 0.6 is 11.6 Å². The highest BCUT2D eigenvalue weighted by atomic mass is 35.5. The van der Waals surface area contributed by atoms with Gasteiger partial charge in [0.2, 0.25) is 0 Å². The second-order valence-corrected chi connectivity index (χ2v) is 4.75. The van der Waals surface area contributed by atoms with Gasteiger partial charge in [0.25, 0.3) is 0 Å². The number of aromatic nitrogens is 2. The molecule has 0 bridgehead atoms. The van der Waals surface area contributed by atoms with E-state index in [4.69, 9.17) is 11.6 Å². The van der Waals surface area contributed by atoms with Crippen LogP contribution in [0.4, 0.5) is 4.39 Å². The molecule has 1 aromatic carbocycles. The van der Waals surface area contributed by atoms with Crippen molar-refractivity contribution in [2.45, 2.75) is 12.8 Å². The van der Waals surface area contributed by atoms with Gasteiger partial charge in [-0.25, -0.2) is 9.37 Å². The van der Waals surface area contributed by atoms with Crippen LogP contribution in [-0.4, -0.2) is 9.38 Å². The number of benzene rings is 1. The predicted molar refractivity (Wildman–Crippen MR) is 74.9 cm³/mol. The number of imidazole rings is 1. The van der Waals surface area contributed by atoms with Crippen molar-refractivity contribution in [3.8, 4) is 11.3 Å². The van der Waals surface area contributed by atoms with Gasteiger partial charge < -0.3 is 4.40 Å². The van der Waals surface area contributed by atoms with Gasteiger partial charge in [-0.15, -0.1) is 11.6 Å². The molecule has 0 spiro atoms. The maximum Gasteiger partial charge on any atom is 0.137 e. The van der Waals surface area contributed by atoms with Gasteiger partial charge in [0.15, 0.2) is 0 Å². The van der Waals surface area contributed by atoms with Gasteiger partial charge in [-0.05, 0) is 42.8 Å². The number of pyridine rings is 1. The van der Waals surface area contributed by atoms with Gasteiger partial charge in [0, 0.05) is 11.8 Å². The maximum atomic E-state index is 13.0. The summed E-state index contributed by atoms with van der Waals surface area (Å²) in [6, 6.07) is 10.3. The van der Waals surface area contributed by atoms with E-state index in [1.165, 1.54) is 12.1 Å². The summed E-state index contributed by atoms with van der Waals surface area (Å²) >= 11 is 6.05. The second-order valence-electron chi connectivity index (χ2n) is 4.48. The van der Waals surface area contributed by atoms with E-state index in [0.717, 1.165) is 28.2 Å². The minimum Gasteiger partial charge on any atom is -0.302 e. The summed E-state index contributed by atoms with van der Waals surface area (Å²) in [6.45, 7) is 2.02. The molecule has 0 aliphatic heterocycles. The fraction of sp³-hybridized carbons (Fsp3) is 0.133. The Morgan fingerprint density at radius 3 is 2.58 bits per heavy atom. The highest BCUT2D eigenvalue weighted by Crippen LogP contribution is 2.26. The van der Waals surface area contributed by atoms with E-state index in [0.29, 0.717) is 5.88 Å². The van der Waals surface area contributed by atoms with Crippen molar-refractivity contribution < 1.29 is 4.39 Å². The lowest BCUT2D eigenvalue weighted by molar-refractivity contribution is 0.628. The zero-order chi connectivity index (χ0) is 13.4. The first-order valence-corrected chi connectivity index (χ1v) is 6.52. The highest BCUT2D eigenvalue weighted by molar-refractivity contribution is 6.17. The lowest BCUT2D eigenvalue weighted by Crippen LogP contribution is -1.92. The molecule has 0 saturated carbocycles. The minimum absolute atomic E-state index is 0.254. The molecule has 19 heavy (non-hydrogen) atoms. The van der Waals surface area contributed by atoms with Crippen LogP contribution in [0.3, 0.4) is 0 Å². The van der Waals surface area contributed by atoms with Crippen LogP contribution in [0.15, 0.2) is 42.6 Å². The van der Waals surface area contributed by atoms with E-state index in [2.05, 4.69) is 4.98 Å². The van der Waals surface area contributed by atoms with Crippen LogP contribution in [0.1, 0.15) is 11.3 Å². The summed E-state index contributed by atoms with van der Waals surface area (Å²) in [5.41, 5.74) is 4.59. The molecule has 0 unspecified atom stereocenters. The fourth-order valence-electron chi connectivity index (χ4n) is 2.17. The van der Waals surface area contributed by atoms with Crippen molar-refractivity contribution in [3.63, 3.8) is 0 Å². The Morgan fingerprint density at radius 2 is 1.89 bits per heavy atom. The molecule has 0 N–H and O–H groups in total. The monoisotopic (exact) mass is 274 g/mol. The average molecular weight is 275 g/mol. The lowest BCUT2D eigenvalue weighted by Gasteiger charge is -2.02. The molecule has 0 saturated heterocycles. The molecule has 2 aromatic heterocycles. The van der Waals surface area contributed by atoms with Gasteiger partial charge in [-0.2, -0.15) is 0 Å². The Kier molecular flexibility index (Phi) is 2.99. The number of nitrogens with zero attached hydrogens (tertiary/aromatic N) is 2. The Hall–Kier alpha value is -1.87. The number of hydrogen-bond acceptors (Lipinski definition) is 1. The molecule has 3 aromatic rings. The van der Waals surface area contributed by atoms with Gasteiger partial charge in [-0.1, -0.05) is 6.07 Å². The Balaban J connectivity index is 2.25. The summed E-state index contributed by atoms with van der Waals surface area (Å²) < 4.78 is 15.0. The average Bonchev–Trinajstić information content (AvgIpc) is 2.77. The summed E-state index contributed by atoms with van der Waals surface area (Å²) in [7, 11) is 0. The smallest absolute Gasteiger partial charge is 0.137 e. The van der Waals surface area contributed by atoms with Gasteiger partial charge in [0.05, 0.1) is 17.3 Å². The van der Waals surface area contributed by atoms with E-state index >= 15 is 0 Å². The van der Waals surface area contributed by atoms with Crippen LogP contribution in [-0.2, 0) is 5.88 Å². The van der Waals surface area contributed by atoms with E-state index in [9.17, 15) is 4.39 Å². The van der Waals surface area contributed by atoms with Crippen molar-refractivity contribution in [3.05, 3.63) is 59.7 Å². The zero-order valence-electron chi connectivity index (χ0n) is 10.4. The first-order chi connectivity index (χ1) is 9.19. The van der Waals surface area contributed by atoms with E-state index < -0.39 is 0 Å². The zero-order valence-corrected chi connectivity index (χ0v) is 11.2. The SMILES string of the molecule is Cc1ccc2nc(-c3ccc(F)cc3)c(CCl)n2c1. The standard InChI is InChI=1S/C15H12ClFN2/c1-10-2-7-14-18-15(13(8-16)19(14)9-10)11-3-5-12(17)6-4-11/h2-7,9H,8H2,1H3. The summed E-state index contributed by atoms with van der Waals surface area (Å²) in [4.78, 5) is 4.58. The van der Waals surface area contributed by atoms with Gasteiger partial charge in [0.1, 0.15) is 11.5 Å².